The summed E-state index contributed by atoms with van der Waals surface area (Å²) in [6, 6.07) is 12.2. The maximum atomic E-state index is 13.5. The topological polar surface area (TPSA) is 66.4 Å². The molecule has 2 aromatic rings. The first kappa shape index (κ1) is 16.6. The second kappa shape index (κ2) is 7.00. The van der Waals surface area contributed by atoms with Crippen LogP contribution in [0.5, 0.6) is 0 Å². The van der Waals surface area contributed by atoms with Crippen molar-refractivity contribution in [2.45, 2.75) is 24.3 Å². The van der Waals surface area contributed by atoms with Crippen molar-refractivity contribution in [1.29, 1.82) is 0 Å². The molecule has 0 saturated heterocycles. The summed E-state index contributed by atoms with van der Waals surface area (Å²) in [6.45, 7) is 1.69. The molecule has 0 aromatic heterocycles. The fourth-order valence-corrected chi connectivity index (χ4v) is 3.07. The highest BCUT2D eigenvalue weighted by molar-refractivity contribution is 7.89. The van der Waals surface area contributed by atoms with Gasteiger partial charge in [-0.15, -0.1) is 0 Å². The van der Waals surface area contributed by atoms with Crippen LogP contribution in [0.3, 0.4) is 0 Å². The molecule has 0 aliphatic heterocycles. The normalized spacial score (nSPS) is 13.0. The summed E-state index contributed by atoms with van der Waals surface area (Å²) in [5.74, 6) is -0.568. The van der Waals surface area contributed by atoms with Gasteiger partial charge >= 0.3 is 0 Å². The van der Waals surface area contributed by atoms with Gasteiger partial charge in [-0.1, -0.05) is 37.3 Å². The van der Waals surface area contributed by atoms with Gasteiger partial charge in [0.2, 0.25) is 10.0 Å². The summed E-state index contributed by atoms with van der Waals surface area (Å²) >= 11 is 0. The van der Waals surface area contributed by atoms with E-state index in [0.717, 1.165) is 12.0 Å². The highest BCUT2D eigenvalue weighted by Crippen LogP contribution is 2.17. The van der Waals surface area contributed by atoms with E-state index in [4.69, 9.17) is 0 Å². The Kier molecular flexibility index (Phi) is 5.28. The van der Waals surface area contributed by atoms with Gasteiger partial charge in [-0.2, -0.15) is 0 Å². The SMILES string of the molecule is CCc1ccc(S(=O)(=O)NCC(O)c2ccccc2F)cc1. The van der Waals surface area contributed by atoms with Crippen LogP contribution in [-0.4, -0.2) is 20.1 Å². The molecular formula is C16H18FNO3S. The van der Waals surface area contributed by atoms with Crippen molar-refractivity contribution in [3.63, 3.8) is 0 Å². The van der Waals surface area contributed by atoms with Crippen LogP contribution in [0.4, 0.5) is 4.39 Å². The van der Waals surface area contributed by atoms with Gasteiger partial charge in [-0.05, 0) is 30.2 Å². The van der Waals surface area contributed by atoms with Crippen LogP contribution in [0.2, 0.25) is 0 Å². The van der Waals surface area contributed by atoms with Crippen LogP contribution in [0.1, 0.15) is 24.2 Å². The Balaban J connectivity index is 2.07. The summed E-state index contributed by atoms with van der Waals surface area (Å²) in [5, 5.41) is 9.93. The fourth-order valence-electron chi connectivity index (χ4n) is 2.03. The second-order valence-electron chi connectivity index (χ2n) is 4.89. The van der Waals surface area contributed by atoms with Crippen molar-refractivity contribution < 1.29 is 17.9 Å². The standard InChI is InChI=1S/C16H18FNO3S/c1-2-12-7-9-13(10-8-12)22(20,21)18-11-16(19)14-5-3-4-6-15(14)17/h3-10,16,18-19H,2,11H2,1H3. The highest BCUT2D eigenvalue weighted by atomic mass is 32.2. The second-order valence-corrected chi connectivity index (χ2v) is 6.65. The Morgan fingerprint density at radius 1 is 1.14 bits per heavy atom. The Morgan fingerprint density at radius 2 is 1.77 bits per heavy atom. The van der Waals surface area contributed by atoms with Crippen LogP contribution in [0.25, 0.3) is 0 Å². The maximum Gasteiger partial charge on any atom is 0.240 e. The quantitative estimate of drug-likeness (QED) is 0.858. The average Bonchev–Trinajstić information content (AvgIpc) is 2.53. The van der Waals surface area contributed by atoms with Gasteiger partial charge in [-0.25, -0.2) is 17.5 Å². The molecule has 22 heavy (non-hydrogen) atoms. The molecule has 1 atom stereocenters. The highest BCUT2D eigenvalue weighted by Gasteiger charge is 2.18. The lowest BCUT2D eigenvalue weighted by Gasteiger charge is -2.13. The number of benzene rings is 2. The van der Waals surface area contributed by atoms with E-state index in [1.807, 2.05) is 6.92 Å². The molecule has 0 radical (unpaired) electrons. The summed E-state index contributed by atoms with van der Waals surface area (Å²) < 4.78 is 40.1. The minimum Gasteiger partial charge on any atom is -0.387 e. The lowest BCUT2D eigenvalue weighted by Crippen LogP contribution is -2.28. The number of halogens is 1. The Bertz CT molecular complexity index is 729. The molecular weight excluding hydrogens is 305 g/mol. The number of rotatable bonds is 6. The zero-order valence-corrected chi connectivity index (χ0v) is 13.0. The first-order valence-electron chi connectivity index (χ1n) is 6.95. The van der Waals surface area contributed by atoms with Crippen molar-refractivity contribution in [3.8, 4) is 0 Å². The number of aryl methyl sites for hydroxylation is 1. The third-order valence-electron chi connectivity index (χ3n) is 3.37. The first-order chi connectivity index (χ1) is 10.4. The van der Waals surface area contributed by atoms with Gasteiger partial charge in [0.05, 0.1) is 11.0 Å². The van der Waals surface area contributed by atoms with Crippen molar-refractivity contribution in [2.75, 3.05) is 6.54 Å². The van der Waals surface area contributed by atoms with E-state index < -0.39 is 21.9 Å². The molecule has 2 N–H and O–H groups in total. The lowest BCUT2D eigenvalue weighted by molar-refractivity contribution is 0.177. The number of sulfonamides is 1. The largest absolute Gasteiger partial charge is 0.387 e. The number of nitrogens with one attached hydrogen (secondary N) is 1. The third-order valence-corrected chi connectivity index (χ3v) is 4.81. The molecule has 0 fully saturated rings. The maximum absolute atomic E-state index is 13.5. The molecule has 2 rings (SSSR count). The van der Waals surface area contributed by atoms with Gasteiger partial charge in [0, 0.05) is 12.1 Å². The summed E-state index contributed by atoms with van der Waals surface area (Å²) in [5.41, 5.74) is 1.09. The van der Waals surface area contributed by atoms with Gasteiger partial charge < -0.3 is 5.11 Å². The molecule has 118 valence electrons. The van der Waals surface area contributed by atoms with E-state index in [9.17, 15) is 17.9 Å². The van der Waals surface area contributed by atoms with Crippen molar-refractivity contribution in [1.82, 2.24) is 4.72 Å². The molecule has 0 heterocycles. The zero-order valence-electron chi connectivity index (χ0n) is 12.2. The molecule has 0 aliphatic rings. The fraction of sp³-hybridized carbons (Fsp3) is 0.250. The first-order valence-corrected chi connectivity index (χ1v) is 8.43. The molecule has 1 unspecified atom stereocenters. The van der Waals surface area contributed by atoms with E-state index >= 15 is 0 Å². The number of aliphatic hydroxyl groups is 1. The van der Waals surface area contributed by atoms with Gasteiger partial charge in [0.25, 0.3) is 0 Å². The van der Waals surface area contributed by atoms with Crippen LogP contribution < -0.4 is 4.72 Å². The van der Waals surface area contributed by atoms with E-state index in [-0.39, 0.29) is 17.0 Å². The van der Waals surface area contributed by atoms with Crippen molar-refractivity contribution in [2.24, 2.45) is 0 Å². The molecule has 0 bridgehead atoms. The van der Waals surface area contributed by atoms with Crippen LogP contribution in [0.15, 0.2) is 53.4 Å². The van der Waals surface area contributed by atoms with E-state index in [0.29, 0.717) is 0 Å². The van der Waals surface area contributed by atoms with Gasteiger partial charge in [0.15, 0.2) is 0 Å². The minimum atomic E-state index is -3.73. The monoisotopic (exact) mass is 323 g/mol. The Morgan fingerprint density at radius 3 is 2.36 bits per heavy atom. The van der Waals surface area contributed by atoms with Crippen molar-refractivity contribution >= 4 is 10.0 Å². The van der Waals surface area contributed by atoms with Crippen molar-refractivity contribution in [3.05, 3.63) is 65.5 Å². The van der Waals surface area contributed by atoms with E-state index in [1.54, 1.807) is 18.2 Å². The third kappa shape index (κ3) is 3.91. The Labute approximate surface area is 129 Å². The molecule has 6 heteroatoms. The van der Waals surface area contributed by atoms with E-state index in [1.165, 1.54) is 30.3 Å². The number of hydrogen-bond donors (Lipinski definition) is 2. The molecule has 4 nitrogen and oxygen atoms in total. The smallest absolute Gasteiger partial charge is 0.240 e. The van der Waals surface area contributed by atoms with Crippen LogP contribution >= 0.6 is 0 Å². The average molecular weight is 323 g/mol. The summed E-state index contributed by atoms with van der Waals surface area (Å²) in [4.78, 5) is 0.116. The molecule has 0 spiro atoms. The van der Waals surface area contributed by atoms with E-state index in [2.05, 4.69) is 4.72 Å². The van der Waals surface area contributed by atoms with Crippen LogP contribution in [0, 0.1) is 5.82 Å². The summed E-state index contributed by atoms with van der Waals surface area (Å²) in [7, 11) is -3.73. The summed E-state index contributed by atoms with van der Waals surface area (Å²) in [6.07, 6.45) is -0.425. The number of aliphatic hydroxyl groups excluding tert-OH is 1. The van der Waals surface area contributed by atoms with Gasteiger partial charge in [0.1, 0.15) is 5.82 Å². The van der Waals surface area contributed by atoms with Crippen LogP contribution in [-0.2, 0) is 16.4 Å². The molecule has 2 aromatic carbocycles. The molecule has 0 saturated carbocycles. The molecule has 0 amide bonds. The lowest BCUT2D eigenvalue weighted by atomic mass is 10.1. The van der Waals surface area contributed by atoms with Gasteiger partial charge in [-0.3, -0.25) is 0 Å². The predicted octanol–water partition coefficient (Wildman–Crippen LogP) is 2.40. The zero-order chi connectivity index (χ0) is 16.2. The number of hydrogen-bond acceptors (Lipinski definition) is 3. The minimum absolute atomic E-state index is 0.0616. The molecule has 0 aliphatic carbocycles. The predicted molar refractivity (Wildman–Crippen MR) is 82.4 cm³/mol. The Hall–Kier alpha value is -1.76.